The van der Waals surface area contributed by atoms with Gasteiger partial charge in [0.15, 0.2) is 11.6 Å². The van der Waals surface area contributed by atoms with Crippen LogP contribution in [0.1, 0.15) is 36.3 Å². The standard InChI is InChI=1S/C28H32N8O/c1-17-11-25(31-26-12-18(2)33-34-26)32-28(30-17)21-7-10-27(29-14-21)35-15-22-13-23(16-35)36(22)19(3)20-5-8-24(37-4)9-6-20/h5-12,14,19,22-23H,13,15-16H2,1-4H3,(H2,30,31,32,33,34). The SMILES string of the molecule is COc1ccc(C(C)N2C3CC2CN(c2ccc(-c4nc(C)cc(Nc5cc(C)[nH]n5)n4)cn2)C3)cc1. The van der Waals surface area contributed by atoms with E-state index < -0.39 is 0 Å². The zero-order valence-electron chi connectivity index (χ0n) is 21.6. The predicted molar refractivity (Wildman–Crippen MR) is 144 cm³/mol. The normalized spacial score (nSPS) is 19.8. The Morgan fingerprint density at radius 3 is 2.43 bits per heavy atom. The number of H-pyrrole nitrogens is 1. The third-order valence-corrected chi connectivity index (χ3v) is 7.44. The minimum atomic E-state index is 0.388. The number of benzene rings is 1. The molecule has 2 bridgehead atoms. The van der Waals surface area contributed by atoms with Gasteiger partial charge in [0.1, 0.15) is 17.4 Å². The molecule has 0 aliphatic carbocycles. The van der Waals surface area contributed by atoms with Crippen molar-refractivity contribution in [2.45, 2.75) is 45.3 Å². The van der Waals surface area contributed by atoms with Crippen LogP contribution in [0.25, 0.3) is 11.4 Å². The van der Waals surface area contributed by atoms with Gasteiger partial charge in [0.05, 0.1) is 7.11 Å². The van der Waals surface area contributed by atoms with E-state index in [2.05, 4.69) is 61.5 Å². The van der Waals surface area contributed by atoms with Gasteiger partial charge in [0.25, 0.3) is 0 Å². The number of anilines is 3. The van der Waals surface area contributed by atoms with Crippen molar-refractivity contribution >= 4 is 17.5 Å². The molecule has 0 radical (unpaired) electrons. The van der Waals surface area contributed by atoms with Crippen molar-refractivity contribution in [1.82, 2.24) is 30.0 Å². The number of hydrogen-bond donors (Lipinski definition) is 2. The summed E-state index contributed by atoms with van der Waals surface area (Å²) in [6.45, 7) is 8.21. The minimum Gasteiger partial charge on any atom is -0.497 e. The highest BCUT2D eigenvalue weighted by Gasteiger charge is 2.47. The summed E-state index contributed by atoms with van der Waals surface area (Å²) in [6.07, 6.45) is 3.13. The first-order chi connectivity index (χ1) is 18.0. The highest BCUT2D eigenvalue weighted by Crippen LogP contribution is 2.41. The quantitative estimate of drug-likeness (QED) is 0.382. The molecule has 190 valence electrons. The smallest absolute Gasteiger partial charge is 0.163 e. The van der Waals surface area contributed by atoms with Crippen LogP contribution < -0.4 is 15.0 Å². The first kappa shape index (κ1) is 23.4. The molecule has 3 atom stereocenters. The lowest BCUT2D eigenvalue weighted by molar-refractivity contribution is -0.0343. The summed E-state index contributed by atoms with van der Waals surface area (Å²) in [5, 5.41) is 10.4. The van der Waals surface area contributed by atoms with E-state index in [4.69, 9.17) is 14.7 Å². The molecular weight excluding hydrogens is 464 g/mol. The molecule has 9 nitrogen and oxygen atoms in total. The fraction of sp³-hybridized carbons (Fsp3) is 0.357. The fourth-order valence-electron chi connectivity index (χ4n) is 5.59. The molecule has 0 spiro atoms. The lowest BCUT2D eigenvalue weighted by Crippen LogP contribution is -2.69. The van der Waals surface area contributed by atoms with E-state index in [9.17, 15) is 0 Å². The third kappa shape index (κ3) is 4.62. The van der Waals surface area contributed by atoms with E-state index in [1.165, 1.54) is 12.0 Å². The van der Waals surface area contributed by atoms with Crippen molar-refractivity contribution in [3.8, 4) is 17.1 Å². The van der Waals surface area contributed by atoms with E-state index in [-0.39, 0.29) is 0 Å². The third-order valence-electron chi connectivity index (χ3n) is 7.44. The van der Waals surface area contributed by atoms with Crippen LogP contribution in [0.3, 0.4) is 0 Å². The van der Waals surface area contributed by atoms with E-state index in [0.29, 0.717) is 29.8 Å². The van der Waals surface area contributed by atoms with Gasteiger partial charge in [0, 0.05) is 66.5 Å². The lowest BCUT2D eigenvalue weighted by Gasteiger charge is -2.59. The summed E-state index contributed by atoms with van der Waals surface area (Å²) in [4.78, 5) is 19.2. The molecule has 3 aliphatic rings. The maximum absolute atomic E-state index is 5.32. The van der Waals surface area contributed by atoms with Crippen LogP contribution in [-0.4, -0.2) is 62.3 Å². The molecular formula is C28H32N8O. The molecule has 3 aliphatic heterocycles. The number of nitrogens with zero attached hydrogens (tertiary/aromatic N) is 6. The molecule has 7 rings (SSSR count). The fourth-order valence-corrected chi connectivity index (χ4v) is 5.59. The number of methoxy groups -OCH3 is 1. The average molecular weight is 497 g/mol. The summed E-state index contributed by atoms with van der Waals surface area (Å²) in [5.41, 5.74) is 4.10. The number of piperazine rings is 1. The largest absolute Gasteiger partial charge is 0.497 e. The Bertz CT molecular complexity index is 1370. The minimum absolute atomic E-state index is 0.388. The first-order valence-electron chi connectivity index (χ1n) is 12.7. The average Bonchev–Trinajstić information content (AvgIpc) is 3.32. The summed E-state index contributed by atoms with van der Waals surface area (Å²) in [5.74, 6) is 3.99. The van der Waals surface area contributed by atoms with Crippen LogP contribution in [0.4, 0.5) is 17.5 Å². The molecule has 1 aromatic carbocycles. The second-order valence-electron chi connectivity index (χ2n) is 10.0. The van der Waals surface area contributed by atoms with E-state index in [0.717, 1.165) is 47.4 Å². The molecule has 3 saturated heterocycles. The van der Waals surface area contributed by atoms with E-state index in [1.807, 2.05) is 44.3 Å². The molecule has 0 saturated carbocycles. The summed E-state index contributed by atoms with van der Waals surface area (Å²) < 4.78 is 5.32. The second-order valence-corrected chi connectivity index (χ2v) is 10.0. The Hall–Kier alpha value is -3.98. The molecule has 9 heteroatoms. The number of aromatic nitrogens is 5. The highest BCUT2D eigenvalue weighted by molar-refractivity contribution is 5.61. The Kier molecular flexibility index (Phi) is 6.00. The Morgan fingerprint density at radius 2 is 1.78 bits per heavy atom. The summed E-state index contributed by atoms with van der Waals surface area (Å²) >= 11 is 0. The van der Waals surface area contributed by atoms with Crippen molar-refractivity contribution in [2.24, 2.45) is 0 Å². The number of aryl methyl sites for hydroxylation is 2. The lowest BCUT2D eigenvalue weighted by atomic mass is 9.84. The maximum atomic E-state index is 5.32. The number of nitrogens with one attached hydrogen (secondary N) is 2. The van der Waals surface area contributed by atoms with Crippen LogP contribution in [0.15, 0.2) is 54.7 Å². The molecule has 3 unspecified atom stereocenters. The van der Waals surface area contributed by atoms with Gasteiger partial charge in [-0.25, -0.2) is 15.0 Å². The maximum Gasteiger partial charge on any atom is 0.163 e. The Labute approximate surface area is 216 Å². The topological polar surface area (TPSA) is 95.1 Å². The second kappa shape index (κ2) is 9.48. The molecule has 37 heavy (non-hydrogen) atoms. The van der Waals surface area contributed by atoms with Gasteiger partial charge in [-0.15, -0.1) is 0 Å². The number of rotatable bonds is 7. The van der Waals surface area contributed by atoms with Crippen molar-refractivity contribution in [2.75, 3.05) is 30.4 Å². The van der Waals surface area contributed by atoms with Crippen molar-refractivity contribution < 1.29 is 4.74 Å². The zero-order chi connectivity index (χ0) is 25.5. The van der Waals surface area contributed by atoms with Crippen LogP contribution in [0, 0.1) is 13.8 Å². The van der Waals surface area contributed by atoms with Crippen molar-refractivity contribution in [3.05, 3.63) is 71.7 Å². The van der Waals surface area contributed by atoms with Gasteiger partial charge in [0.2, 0.25) is 0 Å². The zero-order valence-corrected chi connectivity index (χ0v) is 21.6. The van der Waals surface area contributed by atoms with Gasteiger partial charge in [-0.1, -0.05) is 12.1 Å². The highest BCUT2D eigenvalue weighted by atomic mass is 16.5. The molecule has 3 fully saturated rings. The summed E-state index contributed by atoms with van der Waals surface area (Å²) in [6, 6.07) is 17.9. The number of pyridine rings is 1. The van der Waals surface area contributed by atoms with Crippen LogP contribution in [0.5, 0.6) is 5.75 Å². The number of piperidine rings is 1. The van der Waals surface area contributed by atoms with Gasteiger partial charge in [-0.3, -0.25) is 10.00 Å². The predicted octanol–water partition coefficient (Wildman–Crippen LogP) is 4.65. The number of fused-ring (bicyclic) bond motifs is 2. The van der Waals surface area contributed by atoms with E-state index in [1.54, 1.807) is 7.11 Å². The van der Waals surface area contributed by atoms with Gasteiger partial charge < -0.3 is 15.0 Å². The van der Waals surface area contributed by atoms with Crippen LogP contribution in [-0.2, 0) is 0 Å². The van der Waals surface area contributed by atoms with Gasteiger partial charge >= 0.3 is 0 Å². The number of hydrogen-bond acceptors (Lipinski definition) is 8. The molecule has 0 amide bonds. The molecule has 2 N–H and O–H groups in total. The van der Waals surface area contributed by atoms with E-state index >= 15 is 0 Å². The van der Waals surface area contributed by atoms with Crippen molar-refractivity contribution in [1.29, 1.82) is 0 Å². The Balaban J connectivity index is 1.13. The van der Waals surface area contributed by atoms with Gasteiger partial charge in [-0.2, -0.15) is 5.10 Å². The molecule has 6 heterocycles. The first-order valence-corrected chi connectivity index (χ1v) is 12.7. The van der Waals surface area contributed by atoms with Gasteiger partial charge in [-0.05, 0) is 57.0 Å². The monoisotopic (exact) mass is 496 g/mol. The summed E-state index contributed by atoms with van der Waals surface area (Å²) in [7, 11) is 1.71. The molecule has 3 aromatic heterocycles. The van der Waals surface area contributed by atoms with Crippen LogP contribution in [0.2, 0.25) is 0 Å². The number of aromatic amines is 1. The molecule has 4 aromatic rings. The van der Waals surface area contributed by atoms with Crippen LogP contribution >= 0.6 is 0 Å². The van der Waals surface area contributed by atoms with Crippen molar-refractivity contribution in [3.63, 3.8) is 0 Å². The Morgan fingerprint density at radius 1 is 1.00 bits per heavy atom. The number of ether oxygens (including phenoxy) is 1.